The van der Waals surface area contributed by atoms with Crippen LogP contribution in [0.5, 0.6) is 5.75 Å². The molecule has 0 bridgehead atoms. The van der Waals surface area contributed by atoms with Crippen LogP contribution in [0.2, 0.25) is 0 Å². The first-order valence-corrected chi connectivity index (χ1v) is 14.8. The molecule has 0 N–H and O–H groups in total. The average molecular weight is 520 g/mol. The molecular weight excluding hydrogens is 473 g/mol. The van der Waals surface area contributed by atoms with Gasteiger partial charge in [-0.3, -0.25) is 0 Å². The number of benzene rings is 2. The van der Waals surface area contributed by atoms with Crippen molar-refractivity contribution in [3.63, 3.8) is 0 Å². The highest BCUT2D eigenvalue weighted by Crippen LogP contribution is 2.43. The lowest BCUT2D eigenvalue weighted by atomic mass is 9.72. The van der Waals surface area contributed by atoms with Gasteiger partial charge in [0.1, 0.15) is 5.75 Å². The van der Waals surface area contributed by atoms with Crippen LogP contribution in [0.3, 0.4) is 0 Å². The standard InChI is InChI=1S/C34H46FNO2/c1-5-7-9-10-12-24-34(36-4)25-21-30(22-26-34)28-15-13-27(14-16-28)29-17-19-31(20-18-29)38-32(37)33(3,35)23-11-8-6-2/h13-20,30H,5-12,21-26H2,1-3H3. The number of rotatable bonds is 14. The SMILES string of the molecule is [C-]#[N+]C1(CCCCCCC)CCC(c2ccc(-c3ccc(OC(=O)C(C)(F)CCCCC)cc3)cc2)CC1. The van der Waals surface area contributed by atoms with Crippen LogP contribution in [0.25, 0.3) is 16.0 Å². The second-order valence-corrected chi connectivity index (χ2v) is 11.5. The van der Waals surface area contributed by atoms with E-state index in [2.05, 4.69) is 43.0 Å². The van der Waals surface area contributed by atoms with Crippen LogP contribution in [0.15, 0.2) is 48.5 Å². The van der Waals surface area contributed by atoms with Gasteiger partial charge in [-0.2, -0.15) is 0 Å². The third-order valence-electron chi connectivity index (χ3n) is 8.35. The van der Waals surface area contributed by atoms with E-state index >= 15 is 0 Å². The largest absolute Gasteiger partial charge is 0.424 e. The predicted octanol–water partition coefficient (Wildman–Crippen LogP) is 10.2. The van der Waals surface area contributed by atoms with E-state index in [9.17, 15) is 9.18 Å². The number of nitrogens with zero attached hydrogens (tertiary/aromatic N) is 1. The Morgan fingerprint density at radius 3 is 2.05 bits per heavy atom. The van der Waals surface area contributed by atoms with Gasteiger partial charge in [-0.25, -0.2) is 15.8 Å². The van der Waals surface area contributed by atoms with Crippen LogP contribution >= 0.6 is 0 Å². The Kier molecular flexibility index (Phi) is 11.4. The molecule has 1 fully saturated rings. The van der Waals surface area contributed by atoms with Crippen molar-refractivity contribution in [1.29, 1.82) is 0 Å². The van der Waals surface area contributed by atoms with Crippen molar-refractivity contribution in [1.82, 2.24) is 0 Å². The number of ether oxygens (including phenoxy) is 1. The molecule has 3 rings (SSSR count). The molecule has 0 spiro atoms. The molecule has 3 nitrogen and oxygen atoms in total. The Hall–Kier alpha value is -2.67. The Balaban J connectivity index is 1.52. The first kappa shape index (κ1) is 29.9. The molecule has 2 aromatic rings. The molecule has 206 valence electrons. The van der Waals surface area contributed by atoms with Crippen molar-refractivity contribution in [2.45, 2.75) is 128 Å². The number of carbonyl (C=O) groups is 1. The highest BCUT2D eigenvalue weighted by Gasteiger charge is 2.40. The zero-order valence-electron chi connectivity index (χ0n) is 23.7. The summed E-state index contributed by atoms with van der Waals surface area (Å²) in [6.45, 7) is 13.5. The van der Waals surface area contributed by atoms with Crippen molar-refractivity contribution in [3.8, 4) is 16.9 Å². The topological polar surface area (TPSA) is 30.7 Å². The fourth-order valence-electron chi connectivity index (χ4n) is 5.65. The van der Waals surface area contributed by atoms with Crippen LogP contribution in [0, 0.1) is 6.57 Å². The Bertz CT molecular complexity index is 1030. The zero-order chi connectivity index (χ0) is 27.4. The van der Waals surface area contributed by atoms with Crippen molar-refractivity contribution >= 4 is 5.97 Å². The molecule has 1 aliphatic carbocycles. The summed E-state index contributed by atoms with van der Waals surface area (Å²) >= 11 is 0. The number of halogens is 1. The van der Waals surface area contributed by atoms with Gasteiger partial charge < -0.3 is 9.58 Å². The minimum atomic E-state index is -1.97. The molecule has 1 saturated carbocycles. The number of hydrogen-bond acceptors (Lipinski definition) is 2. The van der Waals surface area contributed by atoms with E-state index in [1.165, 1.54) is 44.6 Å². The lowest BCUT2D eigenvalue weighted by Gasteiger charge is -2.31. The van der Waals surface area contributed by atoms with Gasteiger partial charge in [-0.15, -0.1) is 0 Å². The highest BCUT2D eigenvalue weighted by molar-refractivity contribution is 5.81. The third kappa shape index (κ3) is 8.42. The van der Waals surface area contributed by atoms with E-state index in [1.807, 2.05) is 12.1 Å². The van der Waals surface area contributed by atoms with Gasteiger partial charge in [0.25, 0.3) is 0 Å². The van der Waals surface area contributed by atoms with Crippen molar-refractivity contribution in [2.24, 2.45) is 0 Å². The Morgan fingerprint density at radius 1 is 0.921 bits per heavy atom. The summed E-state index contributed by atoms with van der Waals surface area (Å²) in [5, 5.41) is 0. The summed E-state index contributed by atoms with van der Waals surface area (Å²) in [6, 6.07) is 16.0. The summed E-state index contributed by atoms with van der Waals surface area (Å²) in [6.07, 6.45) is 14.3. The average Bonchev–Trinajstić information content (AvgIpc) is 2.94. The molecule has 0 amide bonds. The van der Waals surface area contributed by atoms with Crippen LogP contribution in [0.4, 0.5) is 4.39 Å². The molecule has 0 aliphatic heterocycles. The zero-order valence-corrected chi connectivity index (χ0v) is 23.7. The van der Waals surface area contributed by atoms with Gasteiger partial charge >= 0.3 is 5.97 Å². The third-order valence-corrected chi connectivity index (χ3v) is 8.35. The van der Waals surface area contributed by atoms with Crippen LogP contribution < -0.4 is 4.74 Å². The fraction of sp³-hybridized carbons (Fsp3) is 0.588. The lowest BCUT2D eigenvalue weighted by molar-refractivity contribution is -0.147. The monoisotopic (exact) mass is 519 g/mol. The van der Waals surface area contributed by atoms with Gasteiger partial charge in [0.2, 0.25) is 11.2 Å². The first-order chi connectivity index (χ1) is 18.3. The van der Waals surface area contributed by atoms with Crippen LogP contribution in [-0.4, -0.2) is 17.2 Å². The molecule has 0 saturated heterocycles. The van der Waals surface area contributed by atoms with E-state index in [4.69, 9.17) is 11.3 Å². The normalized spacial score (nSPS) is 20.9. The van der Waals surface area contributed by atoms with E-state index in [0.717, 1.165) is 56.1 Å². The van der Waals surface area contributed by atoms with E-state index in [-0.39, 0.29) is 12.0 Å². The maximum absolute atomic E-state index is 14.7. The van der Waals surface area contributed by atoms with Gasteiger partial charge in [0, 0.05) is 19.3 Å². The second kappa shape index (κ2) is 14.5. The second-order valence-electron chi connectivity index (χ2n) is 11.5. The summed E-state index contributed by atoms with van der Waals surface area (Å²) < 4.78 is 20.0. The van der Waals surface area contributed by atoms with E-state index in [0.29, 0.717) is 18.1 Å². The van der Waals surface area contributed by atoms with Crippen molar-refractivity contribution in [2.75, 3.05) is 0 Å². The van der Waals surface area contributed by atoms with E-state index < -0.39 is 11.6 Å². The van der Waals surface area contributed by atoms with Gasteiger partial charge in [0.05, 0.1) is 0 Å². The number of hydrogen-bond donors (Lipinski definition) is 0. The maximum atomic E-state index is 14.7. The molecule has 0 aromatic heterocycles. The molecule has 1 atom stereocenters. The minimum absolute atomic E-state index is 0.136. The molecule has 1 aliphatic rings. The molecule has 0 heterocycles. The quantitative estimate of drug-likeness (QED) is 0.108. The van der Waals surface area contributed by atoms with Crippen molar-refractivity contribution < 1.29 is 13.9 Å². The first-order valence-electron chi connectivity index (χ1n) is 14.8. The molecular formula is C34H46FNO2. The van der Waals surface area contributed by atoms with Crippen molar-refractivity contribution in [3.05, 3.63) is 65.5 Å². The summed E-state index contributed by atoms with van der Waals surface area (Å²) in [5.41, 5.74) is 1.38. The highest BCUT2D eigenvalue weighted by atomic mass is 19.1. The maximum Gasteiger partial charge on any atom is 0.348 e. The molecule has 2 aromatic carbocycles. The fourth-order valence-corrected chi connectivity index (χ4v) is 5.65. The molecule has 1 unspecified atom stereocenters. The minimum Gasteiger partial charge on any atom is -0.424 e. The molecule has 38 heavy (non-hydrogen) atoms. The Morgan fingerprint density at radius 2 is 1.47 bits per heavy atom. The Labute approximate surface area is 230 Å². The van der Waals surface area contributed by atoms with Crippen LogP contribution in [-0.2, 0) is 4.79 Å². The number of carbonyl (C=O) groups excluding carboxylic acids is 1. The lowest BCUT2D eigenvalue weighted by Crippen LogP contribution is -2.34. The van der Waals surface area contributed by atoms with Crippen LogP contribution in [0.1, 0.15) is 122 Å². The number of alkyl halides is 1. The number of unbranched alkanes of at least 4 members (excludes halogenated alkanes) is 6. The smallest absolute Gasteiger partial charge is 0.348 e. The molecule has 4 heteroatoms. The van der Waals surface area contributed by atoms with Gasteiger partial charge in [-0.1, -0.05) is 88.8 Å². The predicted molar refractivity (Wildman–Crippen MR) is 155 cm³/mol. The summed E-state index contributed by atoms with van der Waals surface area (Å²) in [7, 11) is 0. The molecule has 0 radical (unpaired) electrons. The summed E-state index contributed by atoms with van der Waals surface area (Å²) in [5.74, 6) is 0.0654. The van der Waals surface area contributed by atoms with Gasteiger partial charge in [0.15, 0.2) is 0 Å². The van der Waals surface area contributed by atoms with Gasteiger partial charge in [-0.05, 0) is 73.8 Å². The summed E-state index contributed by atoms with van der Waals surface area (Å²) in [4.78, 5) is 16.4. The van der Waals surface area contributed by atoms with E-state index in [1.54, 1.807) is 12.1 Å². The number of esters is 1.